The molecule has 0 radical (unpaired) electrons. The molecule has 1 aliphatic carbocycles. The van der Waals surface area contributed by atoms with Crippen LogP contribution in [0.1, 0.15) is 39.2 Å². The van der Waals surface area contributed by atoms with Crippen molar-refractivity contribution < 1.29 is 34.1 Å². The molecule has 3 aromatic carbocycles. The van der Waals surface area contributed by atoms with Crippen LogP contribution < -0.4 is 16.0 Å². The van der Waals surface area contributed by atoms with Crippen LogP contribution in [0.5, 0.6) is 0 Å². The molecular formula is C43H40Cl2N6O7S2. The molecule has 4 atom stereocenters. The maximum Gasteiger partial charge on any atom is 0.327 e. The smallest absolute Gasteiger partial charge is 0.327 e. The van der Waals surface area contributed by atoms with Gasteiger partial charge in [0.15, 0.2) is 5.92 Å². The summed E-state index contributed by atoms with van der Waals surface area (Å²) in [4.78, 5) is 59.7. The second-order valence-electron chi connectivity index (χ2n) is 14.9. The number of nitrogens with one attached hydrogen (secondary N) is 2. The van der Waals surface area contributed by atoms with Gasteiger partial charge in [-0.3, -0.25) is 19.4 Å². The molecule has 3 aliphatic heterocycles. The highest BCUT2D eigenvalue weighted by molar-refractivity contribution is 8.01. The van der Waals surface area contributed by atoms with Crippen molar-refractivity contribution in [2.45, 2.75) is 61.5 Å². The van der Waals surface area contributed by atoms with Gasteiger partial charge in [-0.05, 0) is 123 Å². The van der Waals surface area contributed by atoms with Crippen LogP contribution in [-0.4, -0.2) is 83.5 Å². The number of carboxylic acids is 2. The summed E-state index contributed by atoms with van der Waals surface area (Å²) in [7, 11) is 1.22. The zero-order valence-electron chi connectivity index (χ0n) is 32.9. The molecule has 4 aliphatic rings. The van der Waals surface area contributed by atoms with Gasteiger partial charge in [-0.25, -0.2) is 9.78 Å². The first kappa shape index (κ1) is 42.7. The average molecular weight is 888 g/mol. The first-order valence-electron chi connectivity index (χ1n) is 18.7. The molecule has 2 amide bonds. The molecule has 4 aromatic rings. The summed E-state index contributed by atoms with van der Waals surface area (Å²) >= 11 is 14.7. The molecule has 8 rings (SSSR count). The fourth-order valence-corrected chi connectivity index (χ4v) is 9.98. The average Bonchev–Trinajstić information content (AvgIpc) is 3.82. The number of halogens is 2. The van der Waals surface area contributed by atoms with E-state index in [9.17, 15) is 29.4 Å². The van der Waals surface area contributed by atoms with Gasteiger partial charge in [-0.15, -0.1) is 11.8 Å². The predicted octanol–water partition coefficient (Wildman–Crippen LogP) is 8.01. The Hall–Kier alpha value is -5.45. The Morgan fingerprint density at radius 3 is 2.22 bits per heavy atom. The van der Waals surface area contributed by atoms with Gasteiger partial charge in [0, 0.05) is 39.3 Å². The van der Waals surface area contributed by atoms with E-state index in [1.807, 2.05) is 66.7 Å². The number of β-lactam (4-membered cyclic amide) rings is 1. The van der Waals surface area contributed by atoms with E-state index < -0.39 is 51.6 Å². The Morgan fingerprint density at radius 1 is 0.950 bits per heavy atom. The summed E-state index contributed by atoms with van der Waals surface area (Å²) in [6, 6.07) is 28.4. The Balaban J connectivity index is 0.000000186. The number of benzene rings is 4. The minimum absolute atomic E-state index is 0.130. The predicted molar refractivity (Wildman–Crippen MR) is 234 cm³/mol. The maximum atomic E-state index is 12.8. The van der Waals surface area contributed by atoms with Gasteiger partial charge >= 0.3 is 11.9 Å². The van der Waals surface area contributed by atoms with Gasteiger partial charge in [0.25, 0.3) is 11.6 Å². The van der Waals surface area contributed by atoms with Crippen molar-refractivity contribution in [3.8, 4) is 17.1 Å². The van der Waals surface area contributed by atoms with E-state index in [1.165, 1.54) is 36.3 Å². The van der Waals surface area contributed by atoms with Crippen LogP contribution in [0.4, 0.5) is 11.4 Å². The largest absolute Gasteiger partial charge is 0.480 e. The molecule has 0 bridgehead atoms. The zero-order valence-corrected chi connectivity index (χ0v) is 36.1. The van der Waals surface area contributed by atoms with Crippen molar-refractivity contribution >= 4 is 92.5 Å². The number of thiophene rings is 1. The number of hydrogen-bond acceptors (Lipinski definition) is 10. The number of para-hydroxylation sites is 2. The second kappa shape index (κ2) is 16.9. The van der Waals surface area contributed by atoms with Crippen molar-refractivity contribution in [2.75, 3.05) is 12.4 Å². The number of ether oxygens (including phenoxy) is 1. The van der Waals surface area contributed by atoms with Crippen molar-refractivity contribution in [3.63, 3.8) is 0 Å². The Morgan fingerprint density at radius 2 is 1.62 bits per heavy atom. The highest BCUT2D eigenvalue weighted by atomic mass is 35.5. The lowest BCUT2D eigenvalue weighted by Gasteiger charge is -2.51. The number of thioether (sulfide) groups is 1. The van der Waals surface area contributed by atoms with Crippen molar-refractivity contribution in [2.24, 2.45) is 4.99 Å². The van der Waals surface area contributed by atoms with Crippen LogP contribution in [0.2, 0.25) is 10.0 Å². The number of aliphatic carboxylic acids is 2. The van der Waals surface area contributed by atoms with Gasteiger partial charge in [0.2, 0.25) is 5.91 Å². The number of anilines is 2. The second-order valence-corrected chi connectivity index (χ2v) is 18.3. The van der Waals surface area contributed by atoms with E-state index in [0.717, 1.165) is 49.7 Å². The van der Waals surface area contributed by atoms with Gasteiger partial charge in [0.1, 0.15) is 11.4 Å². The molecule has 17 heteroatoms. The summed E-state index contributed by atoms with van der Waals surface area (Å²) < 4.78 is 6.71. The van der Waals surface area contributed by atoms with Crippen LogP contribution >= 0.6 is 46.3 Å². The van der Waals surface area contributed by atoms with Gasteiger partial charge in [-0.2, -0.15) is 11.3 Å². The minimum Gasteiger partial charge on any atom is -0.480 e. The topological polar surface area (TPSA) is 175 Å². The molecule has 1 unspecified atom stereocenters. The Labute approximate surface area is 363 Å². The number of aromatic nitrogens is 2. The number of carboxylic acid groups (broad SMARTS) is 2. The summed E-state index contributed by atoms with van der Waals surface area (Å²) in [5.74, 6) is -5.61. The fraction of sp³-hybridized carbons (Fsp3) is 0.256. The third kappa shape index (κ3) is 8.07. The fourth-order valence-electron chi connectivity index (χ4n) is 7.37. The summed E-state index contributed by atoms with van der Waals surface area (Å²) in [6.45, 7) is 7.52. The number of fused-ring (bicyclic) bond motifs is 3. The maximum absolute atomic E-state index is 12.8. The molecule has 1 aromatic heterocycles. The quantitative estimate of drug-likeness (QED) is 0.0457. The number of nitrogens with zero attached hydrogens (tertiary/aromatic N) is 4. The standard InChI is InChI=1S/C27H22Cl2N4.C16H18N2O7S2/c1-17(2)30-24-16-27-25(15-23(24)31-20-11-7-18(28)8-12-20)32-22-5-3-4-6-26(22)33(27)21-13-9-19(29)10-14-21;1-15(2)9(12(22)23)18-13(24)16(25-3,14(18)27-15)17-10(19)8(11(20)21)7-4-5-26-6-7/h3-17,31H,1-2H3;4-6,8-9,14H,1-3H3,(H,17,19)(H,20,21)(H,22,23)/b30-24+;/t;8?,9-,14+,16-/m.0/s1. The Bertz CT molecular complexity index is 2640. The molecule has 2 fully saturated rings. The molecule has 2 saturated heterocycles. The summed E-state index contributed by atoms with van der Waals surface area (Å²) in [5.41, 5.74) is 5.09. The molecule has 13 nitrogen and oxygen atoms in total. The molecule has 4 N–H and O–H groups in total. The summed E-state index contributed by atoms with van der Waals surface area (Å²) in [6.07, 6.45) is 0. The lowest BCUT2D eigenvalue weighted by Crippen LogP contribution is -2.80. The van der Waals surface area contributed by atoms with Gasteiger partial charge in [0.05, 0.1) is 33.5 Å². The van der Waals surface area contributed by atoms with Gasteiger partial charge < -0.3 is 35.1 Å². The van der Waals surface area contributed by atoms with E-state index >= 15 is 0 Å². The SMILES string of the molecule is CC(C)/N=c1\cc2n(-c3ccc(Cl)cc3)c3ccccc3nc-2cc1Nc1ccc(Cl)cc1.CO[C@@]1(NC(=O)C(C(=O)O)c2ccsc2)C(=O)N2[C@@H](C(=O)O)C(C)(C)S[C@@H]21. The molecular weight excluding hydrogens is 848 g/mol. The van der Waals surface area contributed by atoms with E-state index in [4.69, 9.17) is 37.9 Å². The third-order valence-corrected chi connectivity index (χ3v) is 12.9. The number of hydrogen-bond donors (Lipinski definition) is 4. The van der Waals surface area contributed by atoms with Gasteiger partial charge in [-0.1, -0.05) is 35.3 Å². The zero-order chi connectivity index (χ0) is 43.1. The highest BCUT2D eigenvalue weighted by Crippen LogP contribution is 2.55. The molecule has 60 heavy (non-hydrogen) atoms. The van der Waals surface area contributed by atoms with E-state index in [1.54, 1.807) is 24.6 Å². The van der Waals surface area contributed by atoms with Crippen LogP contribution in [0, 0.1) is 0 Å². The van der Waals surface area contributed by atoms with E-state index in [0.29, 0.717) is 15.6 Å². The first-order valence-corrected chi connectivity index (χ1v) is 21.3. The van der Waals surface area contributed by atoms with E-state index in [-0.39, 0.29) is 6.04 Å². The first-order chi connectivity index (χ1) is 28.5. The van der Waals surface area contributed by atoms with Crippen molar-refractivity contribution in [1.29, 1.82) is 0 Å². The number of amides is 2. The monoisotopic (exact) mass is 886 g/mol. The Kier molecular flexibility index (Phi) is 12.0. The third-order valence-electron chi connectivity index (χ3n) is 10.1. The van der Waals surface area contributed by atoms with E-state index in [2.05, 4.69) is 47.2 Å². The molecule has 0 saturated carbocycles. The van der Waals surface area contributed by atoms with Crippen molar-refractivity contribution in [3.05, 3.63) is 123 Å². The number of carbonyl (C=O) groups excluding carboxylic acids is 2. The normalized spacial score (nSPS) is 20.0. The lowest BCUT2D eigenvalue weighted by molar-refractivity contribution is -0.201. The number of methoxy groups -OCH3 is 1. The summed E-state index contributed by atoms with van der Waals surface area (Å²) in [5, 5.41) is 29.5. The minimum atomic E-state index is -1.80. The number of rotatable bonds is 10. The molecule has 0 spiro atoms. The van der Waals surface area contributed by atoms with Crippen LogP contribution in [-0.2, 0) is 23.9 Å². The molecule has 310 valence electrons. The van der Waals surface area contributed by atoms with Crippen molar-refractivity contribution in [1.82, 2.24) is 19.8 Å². The lowest BCUT2D eigenvalue weighted by atomic mass is 9.92. The van der Waals surface area contributed by atoms with Crippen LogP contribution in [0.25, 0.3) is 28.1 Å². The van der Waals surface area contributed by atoms with Crippen LogP contribution in [0.15, 0.2) is 107 Å². The highest BCUT2D eigenvalue weighted by Gasteiger charge is 2.73. The van der Waals surface area contributed by atoms with Crippen LogP contribution in [0.3, 0.4) is 0 Å². The number of carbonyl (C=O) groups is 4. The molecule has 4 heterocycles.